The summed E-state index contributed by atoms with van der Waals surface area (Å²) in [5.41, 5.74) is 1.60. The SMILES string of the molecule is CC(C)=CCCN1CCN(C)[C@]2(CCC(=O)N(C)CC2)C1. The predicted octanol–water partition coefficient (Wildman–Crippen LogP) is 1.97. The zero-order chi connectivity index (χ0) is 15.5. The Hall–Kier alpha value is -0.870. The molecule has 1 amide bonds. The Balaban J connectivity index is 1.99. The van der Waals surface area contributed by atoms with Gasteiger partial charge in [-0.2, -0.15) is 0 Å². The number of nitrogens with zero attached hydrogens (tertiary/aromatic N) is 3. The summed E-state index contributed by atoms with van der Waals surface area (Å²) >= 11 is 0. The normalized spacial score (nSPS) is 28.8. The fraction of sp³-hybridized carbons (Fsp3) is 0.824. The third kappa shape index (κ3) is 4.07. The molecule has 0 bridgehead atoms. The average molecular weight is 293 g/mol. The number of rotatable bonds is 3. The van der Waals surface area contributed by atoms with Crippen molar-refractivity contribution in [3.63, 3.8) is 0 Å². The molecule has 2 aliphatic rings. The molecule has 120 valence electrons. The highest BCUT2D eigenvalue weighted by molar-refractivity contribution is 5.76. The molecule has 0 radical (unpaired) electrons. The number of allylic oxidation sites excluding steroid dienone is 1. The van der Waals surface area contributed by atoms with Crippen LogP contribution in [-0.4, -0.2) is 73.0 Å². The topological polar surface area (TPSA) is 26.8 Å². The van der Waals surface area contributed by atoms with Crippen LogP contribution in [0.15, 0.2) is 11.6 Å². The van der Waals surface area contributed by atoms with Crippen LogP contribution in [0.25, 0.3) is 0 Å². The quantitative estimate of drug-likeness (QED) is 0.744. The third-order valence-electron chi connectivity index (χ3n) is 5.22. The van der Waals surface area contributed by atoms with Crippen molar-refractivity contribution in [2.75, 3.05) is 46.8 Å². The number of amides is 1. The fourth-order valence-corrected chi connectivity index (χ4v) is 3.57. The number of likely N-dealkylation sites (N-methyl/N-ethyl adjacent to an activating group) is 1. The van der Waals surface area contributed by atoms with E-state index in [-0.39, 0.29) is 5.54 Å². The summed E-state index contributed by atoms with van der Waals surface area (Å²) in [7, 11) is 4.18. The van der Waals surface area contributed by atoms with E-state index in [0.29, 0.717) is 12.3 Å². The number of piperazine rings is 1. The molecule has 2 fully saturated rings. The van der Waals surface area contributed by atoms with Crippen molar-refractivity contribution in [2.45, 2.75) is 45.1 Å². The van der Waals surface area contributed by atoms with Gasteiger partial charge >= 0.3 is 0 Å². The van der Waals surface area contributed by atoms with Crippen LogP contribution in [0.5, 0.6) is 0 Å². The summed E-state index contributed by atoms with van der Waals surface area (Å²) < 4.78 is 0. The maximum Gasteiger partial charge on any atom is 0.222 e. The molecule has 1 spiro atoms. The Morgan fingerprint density at radius 1 is 1.19 bits per heavy atom. The number of carbonyl (C=O) groups excluding carboxylic acids is 1. The van der Waals surface area contributed by atoms with Gasteiger partial charge in [0.05, 0.1) is 0 Å². The molecule has 4 nitrogen and oxygen atoms in total. The van der Waals surface area contributed by atoms with Gasteiger partial charge < -0.3 is 4.90 Å². The first-order valence-electron chi connectivity index (χ1n) is 8.24. The number of hydrogen-bond donors (Lipinski definition) is 0. The lowest BCUT2D eigenvalue weighted by molar-refractivity contribution is -0.129. The maximum atomic E-state index is 12.0. The molecule has 0 aromatic heterocycles. The van der Waals surface area contributed by atoms with Crippen molar-refractivity contribution in [3.8, 4) is 0 Å². The molecule has 4 heteroatoms. The first kappa shape index (κ1) is 16.5. The zero-order valence-electron chi connectivity index (χ0n) is 14.2. The highest BCUT2D eigenvalue weighted by atomic mass is 16.2. The van der Waals surface area contributed by atoms with E-state index in [1.807, 2.05) is 11.9 Å². The van der Waals surface area contributed by atoms with Crippen molar-refractivity contribution >= 4 is 5.91 Å². The number of carbonyl (C=O) groups is 1. The molecule has 2 aliphatic heterocycles. The second kappa shape index (κ2) is 6.93. The van der Waals surface area contributed by atoms with E-state index >= 15 is 0 Å². The van der Waals surface area contributed by atoms with E-state index in [0.717, 1.165) is 52.0 Å². The van der Waals surface area contributed by atoms with E-state index in [1.54, 1.807) is 0 Å². The summed E-state index contributed by atoms with van der Waals surface area (Å²) in [5, 5.41) is 0. The van der Waals surface area contributed by atoms with Crippen molar-refractivity contribution < 1.29 is 4.79 Å². The van der Waals surface area contributed by atoms with Gasteiger partial charge in [0.15, 0.2) is 0 Å². The Morgan fingerprint density at radius 2 is 1.95 bits per heavy atom. The monoisotopic (exact) mass is 293 g/mol. The second-order valence-corrected chi connectivity index (χ2v) is 7.06. The summed E-state index contributed by atoms with van der Waals surface area (Å²) in [5.74, 6) is 0.307. The highest BCUT2D eigenvalue weighted by Gasteiger charge is 2.41. The standard InChI is InChI=1S/C17H31N3O/c1-15(2)6-5-10-20-13-12-19(4)17(14-20)8-7-16(21)18(3)11-9-17/h6H,5,7-14H2,1-4H3/t17-/m0/s1. The van der Waals surface area contributed by atoms with Crippen LogP contribution in [0.3, 0.4) is 0 Å². The first-order valence-corrected chi connectivity index (χ1v) is 8.24. The first-order chi connectivity index (χ1) is 9.93. The van der Waals surface area contributed by atoms with Gasteiger partial charge in [0, 0.05) is 51.7 Å². The molecule has 1 atom stereocenters. The van der Waals surface area contributed by atoms with Gasteiger partial charge in [0.2, 0.25) is 5.91 Å². The van der Waals surface area contributed by atoms with Gasteiger partial charge in [-0.25, -0.2) is 0 Å². The van der Waals surface area contributed by atoms with Crippen LogP contribution >= 0.6 is 0 Å². The molecule has 0 unspecified atom stereocenters. The van der Waals surface area contributed by atoms with Crippen LogP contribution in [0, 0.1) is 0 Å². The largest absolute Gasteiger partial charge is 0.346 e. The maximum absolute atomic E-state index is 12.0. The van der Waals surface area contributed by atoms with E-state index in [9.17, 15) is 4.79 Å². The second-order valence-electron chi connectivity index (χ2n) is 7.06. The molecule has 2 heterocycles. The molecular formula is C17H31N3O. The van der Waals surface area contributed by atoms with Crippen LogP contribution in [0.1, 0.15) is 39.5 Å². The zero-order valence-corrected chi connectivity index (χ0v) is 14.2. The summed E-state index contributed by atoms with van der Waals surface area (Å²) in [4.78, 5) is 19.0. The molecule has 0 saturated carbocycles. The van der Waals surface area contributed by atoms with Gasteiger partial charge in [-0.3, -0.25) is 14.6 Å². The smallest absolute Gasteiger partial charge is 0.222 e. The molecule has 0 aromatic carbocycles. The molecule has 0 N–H and O–H groups in total. The Bertz CT molecular complexity index is 403. The molecule has 2 rings (SSSR count). The summed E-state index contributed by atoms with van der Waals surface area (Å²) in [6.45, 7) is 9.75. The Kier molecular flexibility index (Phi) is 5.44. The molecule has 0 aliphatic carbocycles. The minimum Gasteiger partial charge on any atom is -0.346 e. The van der Waals surface area contributed by atoms with E-state index in [1.165, 1.54) is 5.57 Å². The third-order valence-corrected chi connectivity index (χ3v) is 5.22. The van der Waals surface area contributed by atoms with Crippen molar-refractivity contribution in [1.82, 2.24) is 14.7 Å². The van der Waals surface area contributed by atoms with E-state index in [2.05, 4.69) is 36.8 Å². The van der Waals surface area contributed by atoms with Crippen LogP contribution in [0.2, 0.25) is 0 Å². The minimum absolute atomic E-state index is 0.198. The van der Waals surface area contributed by atoms with Crippen LogP contribution < -0.4 is 0 Å². The minimum atomic E-state index is 0.198. The predicted molar refractivity (Wildman–Crippen MR) is 87.3 cm³/mol. The molecular weight excluding hydrogens is 262 g/mol. The summed E-state index contributed by atoms with van der Waals surface area (Å²) in [6.07, 6.45) is 6.27. The lowest BCUT2D eigenvalue weighted by atomic mass is 9.86. The van der Waals surface area contributed by atoms with Gasteiger partial charge in [-0.15, -0.1) is 0 Å². The molecule has 2 saturated heterocycles. The summed E-state index contributed by atoms with van der Waals surface area (Å²) in [6, 6.07) is 0. The number of likely N-dealkylation sites (tertiary alicyclic amines) is 1. The Labute approximate surface area is 129 Å². The van der Waals surface area contributed by atoms with Crippen LogP contribution in [0.4, 0.5) is 0 Å². The van der Waals surface area contributed by atoms with Gasteiger partial charge in [0.1, 0.15) is 0 Å². The van der Waals surface area contributed by atoms with Crippen LogP contribution in [-0.2, 0) is 4.79 Å². The number of hydrogen-bond acceptors (Lipinski definition) is 3. The fourth-order valence-electron chi connectivity index (χ4n) is 3.57. The van der Waals surface area contributed by atoms with Crippen molar-refractivity contribution in [2.24, 2.45) is 0 Å². The lowest BCUT2D eigenvalue weighted by Gasteiger charge is -2.49. The Morgan fingerprint density at radius 3 is 2.67 bits per heavy atom. The van der Waals surface area contributed by atoms with E-state index < -0.39 is 0 Å². The van der Waals surface area contributed by atoms with Crippen molar-refractivity contribution in [3.05, 3.63) is 11.6 Å². The van der Waals surface area contributed by atoms with Crippen molar-refractivity contribution in [1.29, 1.82) is 0 Å². The lowest BCUT2D eigenvalue weighted by Crippen LogP contribution is -2.61. The van der Waals surface area contributed by atoms with Gasteiger partial charge in [-0.05, 0) is 40.2 Å². The van der Waals surface area contributed by atoms with Gasteiger partial charge in [-0.1, -0.05) is 11.6 Å². The molecule has 21 heavy (non-hydrogen) atoms. The average Bonchev–Trinajstić information content (AvgIpc) is 2.57. The van der Waals surface area contributed by atoms with Gasteiger partial charge in [0.25, 0.3) is 0 Å². The molecule has 0 aromatic rings. The van der Waals surface area contributed by atoms with E-state index in [4.69, 9.17) is 0 Å². The highest BCUT2D eigenvalue weighted by Crippen LogP contribution is 2.31.